The predicted molar refractivity (Wildman–Crippen MR) is 59.3 cm³/mol. The van der Waals surface area contributed by atoms with Gasteiger partial charge in [0.15, 0.2) is 0 Å². The minimum absolute atomic E-state index is 0.809. The van der Waals surface area contributed by atoms with Crippen molar-refractivity contribution in [2.45, 2.75) is 40.0 Å². The molecule has 0 saturated carbocycles. The number of rotatable bonds is 1. The van der Waals surface area contributed by atoms with Gasteiger partial charge in [-0.3, -0.25) is 4.98 Å². The van der Waals surface area contributed by atoms with Crippen molar-refractivity contribution in [1.82, 2.24) is 4.98 Å². The molecule has 1 aliphatic carbocycles. The molecule has 14 heavy (non-hydrogen) atoms. The number of fused-ring (bicyclic) bond motifs is 1. The smallest absolute Gasteiger partial charge is 0.0435 e. The highest BCUT2D eigenvalue weighted by Gasteiger charge is 2.21. The molecule has 0 bridgehead atoms. The van der Waals surface area contributed by atoms with E-state index in [1.54, 1.807) is 0 Å². The van der Waals surface area contributed by atoms with Gasteiger partial charge in [-0.25, -0.2) is 0 Å². The lowest BCUT2D eigenvalue weighted by Gasteiger charge is -2.26. The van der Waals surface area contributed by atoms with Gasteiger partial charge in [-0.2, -0.15) is 0 Å². The van der Waals surface area contributed by atoms with Crippen molar-refractivity contribution in [3.8, 4) is 0 Å². The molecule has 1 aromatic heterocycles. The van der Waals surface area contributed by atoms with Crippen LogP contribution in [0.15, 0.2) is 12.3 Å². The highest BCUT2D eigenvalue weighted by molar-refractivity contribution is 5.27. The van der Waals surface area contributed by atoms with E-state index in [0.717, 1.165) is 11.8 Å². The van der Waals surface area contributed by atoms with E-state index < -0.39 is 0 Å². The number of aryl methyl sites for hydroxylation is 2. The largest absolute Gasteiger partial charge is 0.261 e. The summed E-state index contributed by atoms with van der Waals surface area (Å²) in [6.07, 6.45) is 5.73. The van der Waals surface area contributed by atoms with Gasteiger partial charge in [0.2, 0.25) is 0 Å². The van der Waals surface area contributed by atoms with Gasteiger partial charge < -0.3 is 0 Å². The van der Waals surface area contributed by atoms with Crippen LogP contribution >= 0.6 is 0 Å². The normalized spacial score (nSPS) is 21.0. The first kappa shape index (κ1) is 9.70. The van der Waals surface area contributed by atoms with Crippen LogP contribution in [0.2, 0.25) is 0 Å². The summed E-state index contributed by atoms with van der Waals surface area (Å²) in [4.78, 5) is 4.51. The molecule has 1 heterocycles. The second kappa shape index (κ2) is 3.72. The standard InChI is InChI=1S/C13H19N/c1-9(2)11-4-5-13-12(7-11)6-10(3)8-14-13/h6,8-9,11H,4-5,7H2,1-3H3. The Morgan fingerprint density at radius 2 is 2.21 bits per heavy atom. The first-order valence-corrected chi connectivity index (χ1v) is 5.61. The number of pyridine rings is 1. The molecule has 1 heteroatoms. The molecule has 0 aromatic carbocycles. The van der Waals surface area contributed by atoms with Crippen LogP contribution in [-0.2, 0) is 12.8 Å². The van der Waals surface area contributed by atoms with Crippen LogP contribution in [0.3, 0.4) is 0 Å². The van der Waals surface area contributed by atoms with E-state index >= 15 is 0 Å². The van der Waals surface area contributed by atoms with Crippen molar-refractivity contribution < 1.29 is 0 Å². The third-order valence-corrected chi connectivity index (χ3v) is 3.37. The maximum absolute atomic E-state index is 4.51. The topological polar surface area (TPSA) is 12.9 Å². The molecule has 0 amide bonds. The van der Waals surface area contributed by atoms with Crippen LogP contribution in [0.25, 0.3) is 0 Å². The van der Waals surface area contributed by atoms with Gasteiger partial charge in [0.25, 0.3) is 0 Å². The molecule has 0 N–H and O–H groups in total. The Balaban J connectivity index is 2.24. The molecular formula is C13H19N. The van der Waals surface area contributed by atoms with E-state index in [0.29, 0.717) is 0 Å². The molecular weight excluding hydrogens is 170 g/mol. The zero-order chi connectivity index (χ0) is 10.1. The molecule has 1 unspecified atom stereocenters. The lowest BCUT2D eigenvalue weighted by atomic mass is 9.80. The van der Waals surface area contributed by atoms with Gasteiger partial charge >= 0.3 is 0 Å². The van der Waals surface area contributed by atoms with E-state index in [2.05, 4.69) is 31.8 Å². The summed E-state index contributed by atoms with van der Waals surface area (Å²) in [6.45, 7) is 6.80. The van der Waals surface area contributed by atoms with E-state index in [4.69, 9.17) is 0 Å². The van der Waals surface area contributed by atoms with Crippen molar-refractivity contribution in [1.29, 1.82) is 0 Å². The molecule has 1 aliphatic rings. The first-order chi connectivity index (χ1) is 6.66. The van der Waals surface area contributed by atoms with Crippen molar-refractivity contribution >= 4 is 0 Å². The zero-order valence-electron chi connectivity index (χ0n) is 9.38. The molecule has 1 atom stereocenters. The zero-order valence-corrected chi connectivity index (χ0v) is 9.38. The third-order valence-electron chi connectivity index (χ3n) is 3.37. The Morgan fingerprint density at radius 3 is 2.93 bits per heavy atom. The molecule has 76 valence electrons. The second-order valence-corrected chi connectivity index (χ2v) is 4.87. The van der Waals surface area contributed by atoms with Gasteiger partial charge in [-0.1, -0.05) is 19.9 Å². The van der Waals surface area contributed by atoms with Crippen LogP contribution in [0.4, 0.5) is 0 Å². The van der Waals surface area contributed by atoms with Crippen LogP contribution in [0.1, 0.15) is 37.1 Å². The fraction of sp³-hybridized carbons (Fsp3) is 0.615. The Morgan fingerprint density at radius 1 is 1.43 bits per heavy atom. The van der Waals surface area contributed by atoms with E-state index in [1.165, 1.54) is 36.1 Å². The van der Waals surface area contributed by atoms with E-state index in [9.17, 15) is 0 Å². The summed E-state index contributed by atoms with van der Waals surface area (Å²) in [7, 11) is 0. The summed E-state index contributed by atoms with van der Waals surface area (Å²) in [6, 6.07) is 2.32. The van der Waals surface area contributed by atoms with Crippen molar-refractivity contribution in [2.24, 2.45) is 11.8 Å². The average molecular weight is 189 g/mol. The van der Waals surface area contributed by atoms with Crippen LogP contribution in [0, 0.1) is 18.8 Å². The maximum Gasteiger partial charge on any atom is 0.0435 e. The highest BCUT2D eigenvalue weighted by atomic mass is 14.7. The van der Waals surface area contributed by atoms with Crippen molar-refractivity contribution in [3.63, 3.8) is 0 Å². The van der Waals surface area contributed by atoms with Gasteiger partial charge in [-0.05, 0) is 49.1 Å². The SMILES string of the molecule is Cc1cnc2c(c1)CC(C(C)C)CC2. The van der Waals surface area contributed by atoms with Crippen LogP contribution in [-0.4, -0.2) is 4.98 Å². The Kier molecular flexibility index (Phi) is 2.58. The predicted octanol–water partition coefficient (Wildman–Crippen LogP) is 3.15. The van der Waals surface area contributed by atoms with Gasteiger partial charge in [0.05, 0.1) is 0 Å². The lowest BCUT2D eigenvalue weighted by molar-refractivity contribution is 0.340. The fourth-order valence-corrected chi connectivity index (χ4v) is 2.34. The summed E-state index contributed by atoms with van der Waals surface area (Å²) in [5.74, 6) is 1.68. The Bertz CT molecular complexity index is 328. The number of hydrogen-bond donors (Lipinski definition) is 0. The van der Waals surface area contributed by atoms with Crippen molar-refractivity contribution in [2.75, 3.05) is 0 Å². The first-order valence-electron chi connectivity index (χ1n) is 5.61. The summed E-state index contributed by atoms with van der Waals surface area (Å²) >= 11 is 0. The molecule has 0 aliphatic heterocycles. The van der Waals surface area contributed by atoms with Gasteiger partial charge in [0.1, 0.15) is 0 Å². The van der Waals surface area contributed by atoms with Crippen LogP contribution < -0.4 is 0 Å². The Labute approximate surface area is 86.6 Å². The summed E-state index contributed by atoms with van der Waals surface area (Å²) in [5.41, 5.74) is 4.13. The van der Waals surface area contributed by atoms with Crippen LogP contribution in [0.5, 0.6) is 0 Å². The minimum Gasteiger partial charge on any atom is -0.261 e. The molecule has 2 rings (SSSR count). The number of aromatic nitrogens is 1. The lowest BCUT2D eigenvalue weighted by Crippen LogP contribution is -2.20. The summed E-state index contributed by atoms with van der Waals surface area (Å²) in [5, 5.41) is 0. The maximum atomic E-state index is 4.51. The van der Waals surface area contributed by atoms with Gasteiger partial charge in [-0.15, -0.1) is 0 Å². The number of nitrogens with zero attached hydrogens (tertiary/aromatic N) is 1. The average Bonchev–Trinajstić information content (AvgIpc) is 2.16. The molecule has 0 fully saturated rings. The monoisotopic (exact) mass is 189 g/mol. The quantitative estimate of drug-likeness (QED) is 0.661. The molecule has 1 nitrogen and oxygen atoms in total. The highest BCUT2D eigenvalue weighted by Crippen LogP contribution is 2.29. The third kappa shape index (κ3) is 1.82. The Hall–Kier alpha value is -0.850. The molecule has 0 radical (unpaired) electrons. The molecule has 0 spiro atoms. The molecule has 0 saturated heterocycles. The minimum atomic E-state index is 0.809. The number of hydrogen-bond acceptors (Lipinski definition) is 1. The fourth-order valence-electron chi connectivity index (χ4n) is 2.34. The summed E-state index contributed by atoms with van der Waals surface area (Å²) < 4.78 is 0. The van der Waals surface area contributed by atoms with Gasteiger partial charge in [0, 0.05) is 11.9 Å². The van der Waals surface area contributed by atoms with E-state index in [-0.39, 0.29) is 0 Å². The second-order valence-electron chi connectivity index (χ2n) is 4.87. The molecule has 1 aromatic rings. The van der Waals surface area contributed by atoms with Crippen molar-refractivity contribution in [3.05, 3.63) is 29.1 Å². The van der Waals surface area contributed by atoms with E-state index in [1.807, 2.05) is 6.20 Å².